The molecule has 1 saturated carbocycles. The topological polar surface area (TPSA) is 46.8 Å². The van der Waals surface area contributed by atoms with E-state index in [1.807, 2.05) is 65.1 Å². The molecule has 2 heterocycles. The Hall–Kier alpha value is -2.82. The van der Waals surface area contributed by atoms with Crippen molar-refractivity contribution >= 4 is 11.6 Å². The van der Waals surface area contributed by atoms with Gasteiger partial charge in [-0.15, -0.1) is 0 Å². The number of nitrogens with zero attached hydrogens (tertiary/aromatic N) is 3. The Morgan fingerprint density at radius 2 is 2.00 bits per heavy atom. The zero-order valence-electron chi connectivity index (χ0n) is 17.3. The van der Waals surface area contributed by atoms with E-state index in [0.29, 0.717) is 23.8 Å². The fourth-order valence-electron chi connectivity index (χ4n) is 4.16. The number of hydrogen-bond donors (Lipinski definition) is 0. The molecule has 0 atom stereocenters. The van der Waals surface area contributed by atoms with Crippen molar-refractivity contribution < 1.29 is 9.53 Å². The van der Waals surface area contributed by atoms with Gasteiger partial charge in [0.1, 0.15) is 18.0 Å². The molecule has 1 aliphatic rings. The number of benzene rings is 1. The van der Waals surface area contributed by atoms with Crippen molar-refractivity contribution in [2.24, 2.45) is 5.92 Å². The summed E-state index contributed by atoms with van der Waals surface area (Å²) >= 11 is 0. The fourth-order valence-corrected chi connectivity index (χ4v) is 4.16. The van der Waals surface area contributed by atoms with Gasteiger partial charge in [-0.3, -0.25) is 4.79 Å². The molecule has 4 rings (SSSR count). The van der Waals surface area contributed by atoms with Crippen molar-refractivity contribution in [2.75, 3.05) is 13.6 Å². The highest BCUT2D eigenvalue weighted by molar-refractivity contribution is 5.94. The van der Waals surface area contributed by atoms with E-state index in [2.05, 4.69) is 11.9 Å². The van der Waals surface area contributed by atoms with Crippen LogP contribution in [0.5, 0.6) is 5.75 Å². The van der Waals surface area contributed by atoms with Gasteiger partial charge in [-0.1, -0.05) is 31.4 Å². The predicted molar refractivity (Wildman–Crippen MR) is 114 cm³/mol. The van der Waals surface area contributed by atoms with Gasteiger partial charge in [-0.05, 0) is 55.5 Å². The lowest BCUT2D eigenvalue weighted by molar-refractivity contribution is 0.0760. The van der Waals surface area contributed by atoms with Crippen LogP contribution >= 0.6 is 0 Å². The number of hydrogen-bond acceptors (Lipinski definition) is 3. The molecule has 1 aromatic carbocycles. The Labute approximate surface area is 172 Å². The van der Waals surface area contributed by atoms with E-state index in [1.54, 1.807) is 0 Å². The van der Waals surface area contributed by atoms with Crippen LogP contribution in [0.3, 0.4) is 0 Å². The lowest BCUT2D eigenvalue weighted by Gasteiger charge is -2.27. The molecule has 0 bridgehead atoms. The average Bonchev–Trinajstić information content (AvgIpc) is 3.14. The summed E-state index contributed by atoms with van der Waals surface area (Å²) in [4.78, 5) is 19.3. The average molecular weight is 392 g/mol. The maximum Gasteiger partial charge on any atom is 0.253 e. The highest BCUT2D eigenvalue weighted by atomic mass is 16.5. The third kappa shape index (κ3) is 4.78. The van der Waals surface area contributed by atoms with Gasteiger partial charge in [0.2, 0.25) is 0 Å². The Morgan fingerprint density at radius 3 is 2.83 bits per heavy atom. The minimum Gasteiger partial charge on any atom is -0.487 e. The molecule has 29 heavy (non-hydrogen) atoms. The van der Waals surface area contributed by atoms with Crippen LogP contribution < -0.4 is 4.74 Å². The molecule has 0 saturated heterocycles. The van der Waals surface area contributed by atoms with E-state index in [0.717, 1.165) is 17.9 Å². The zero-order chi connectivity index (χ0) is 20.2. The van der Waals surface area contributed by atoms with Gasteiger partial charge in [0.15, 0.2) is 0 Å². The SMILES string of the molecule is Cc1ccc2nc(COc3cccc(C(=O)N(C)CC4CCCCC4)c3)cn2c1. The van der Waals surface area contributed by atoms with Crippen LogP contribution in [0.25, 0.3) is 5.65 Å². The van der Waals surface area contributed by atoms with E-state index < -0.39 is 0 Å². The quantitative estimate of drug-likeness (QED) is 0.602. The number of amides is 1. The highest BCUT2D eigenvalue weighted by Gasteiger charge is 2.19. The second-order valence-corrected chi connectivity index (χ2v) is 8.21. The summed E-state index contributed by atoms with van der Waals surface area (Å²) in [5.41, 5.74) is 3.63. The number of rotatable bonds is 6. The van der Waals surface area contributed by atoms with E-state index in [9.17, 15) is 4.79 Å². The van der Waals surface area contributed by atoms with Gasteiger partial charge in [0.05, 0.1) is 5.69 Å². The normalized spacial score (nSPS) is 14.8. The third-order valence-corrected chi connectivity index (χ3v) is 5.72. The van der Waals surface area contributed by atoms with Crippen molar-refractivity contribution in [2.45, 2.75) is 45.6 Å². The maximum atomic E-state index is 12.8. The summed E-state index contributed by atoms with van der Waals surface area (Å²) < 4.78 is 7.93. The van der Waals surface area contributed by atoms with Gasteiger partial charge in [-0.25, -0.2) is 4.98 Å². The third-order valence-electron chi connectivity index (χ3n) is 5.72. The van der Waals surface area contributed by atoms with Crippen molar-refractivity contribution in [3.63, 3.8) is 0 Å². The molecule has 5 nitrogen and oxygen atoms in total. The first kappa shape index (κ1) is 19.5. The summed E-state index contributed by atoms with van der Waals surface area (Å²) in [5.74, 6) is 1.38. The van der Waals surface area contributed by atoms with E-state index in [4.69, 9.17) is 4.74 Å². The summed E-state index contributed by atoms with van der Waals surface area (Å²) in [5, 5.41) is 0. The van der Waals surface area contributed by atoms with Crippen LogP contribution in [0, 0.1) is 12.8 Å². The minimum atomic E-state index is 0.0595. The van der Waals surface area contributed by atoms with Crippen LogP contribution in [0.15, 0.2) is 48.8 Å². The molecular formula is C24H29N3O2. The van der Waals surface area contributed by atoms with Gasteiger partial charge < -0.3 is 14.0 Å². The lowest BCUT2D eigenvalue weighted by Crippen LogP contribution is -2.32. The van der Waals surface area contributed by atoms with E-state index in [1.165, 1.54) is 37.7 Å². The van der Waals surface area contributed by atoms with Crippen LogP contribution in [0.4, 0.5) is 0 Å². The van der Waals surface area contributed by atoms with Crippen molar-refractivity contribution in [3.8, 4) is 5.75 Å². The largest absolute Gasteiger partial charge is 0.487 e. The molecule has 152 valence electrons. The standard InChI is InChI=1S/C24H29N3O2/c1-18-11-12-23-25-21(16-27(23)14-18)17-29-22-10-6-9-20(13-22)24(28)26(2)15-19-7-4-3-5-8-19/h6,9-14,16,19H,3-5,7-8,15,17H2,1-2H3. The molecule has 0 radical (unpaired) electrons. The van der Waals surface area contributed by atoms with Gasteiger partial charge >= 0.3 is 0 Å². The smallest absolute Gasteiger partial charge is 0.253 e. The Bertz CT molecular complexity index is 989. The number of carbonyl (C=O) groups excluding carboxylic acids is 1. The minimum absolute atomic E-state index is 0.0595. The lowest BCUT2D eigenvalue weighted by atomic mass is 9.89. The molecule has 0 aliphatic heterocycles. The number of aromatic nitrogens is 2. The molecule has 0 unspecified atom stereocenters. The molecule has 0 N–H and O–H groups in total. The Morgan fingerprint density at radius 1 is 1.17 bits per heavy atom. The summed E-state index contributed by atoms with van der Waals surface area (Å²) in [6.45, 7) is 3.27. The molecular weight excluding hydrogens is 362 g/mol. The van der Waals surface area contributed by atoms with Crippen molar-refractivity contribution in [3.05, 3.63) is 65.6 Å². The predicted octanol–water partition coefficient (Wildman–Crippen LogP) is 4.87. The van der Waals surface area contributed by atoms with Crippen molar-refractivity contribution in [1.29, 1.82) is 0 Å². The van der Waals surface area contributed by atoms with Crippen LogP contribution in [0.1, 0.15) is 53.7 Å². The summed E-state index contributed by atoms with van der Waals surface area (Å²) in [7, 11) is 1.91. The molecule has 1 aliphatic carbocycles. The van der Waals surface area contributed by atoms with Crippen LogP contribution in [-0.4, -0.2) is 33.8 Å². The molecule has 1 amide bonds. The molecule has 1 fully saturated rings. The van der Waals surface area contributed by atoms with Crippen molar-refractivity contribution in [1.82, 2.24) is 14.3 Å². The molecule has 3 aromatic rings. The molecule has 0 spiro atoms. The van der Waals surface area contributed by atoms with Gasteiger partial charge in [0.25, 0.3) is 5.91 Å². The highest BCUT2D eigenvalue weighted by Crippen LogP contribution is 2.25. The number of fused-ring (bicyclic) bond motifs is 1. The number of pyridine rings is 1. The monoisotopic (exact) mass is 391 g/mol. The molecule has 5 heteroatoms. The zero-order valence-corrected chi connectivity index (χ0v) is 17.3. The first-order valence-corrected chi connectivity index (χ1v) is 10.5. The van der Waals surface area contributed by atoms with E-state index >= 15 is 0 Å². The Kier molecular flexibility index (Phi) is 5.84. The summed E-state index contributed by atoms with van der Waals surface area (Å²) in [6.07, 6.45) is 10.4. The van der Waals surface area contributed by atoms with Crippen LogP contribution in [-0.2, 0) is 6.61 Å². The second-order valence-electron chi connectivity index (χ2n) is 8.21. The van der Waals surface area contributed by atoms with Crippen LogP contribution in [0.2, 0.25) is 0 Å². The van der Waals surface area contributed by atoms with Gasteiger partial charge in [-0.2, -0.15) is 0 Å². The first-order valence-electron chi connectivity index (χ1n) is 10.5. The fraction of sp³-hybridized carbons (Fsp3) is 0.417. The number of ether oxygens (including phenoxy) is 1. The summed E-state index contributed by atoms with van der Waals surface area (Å²) in [6, 6.07) is 11.5. The Balaban J connectivity index is 1.38. The number of carbonyl (C=O) groups is 1. The molecule has 2 aromatic heterocycles. The number of imidazole rings is 1. The second kappa shape index (κ2) is 8.68. The number of aryl methyl sites for hydroxylation is 1. The van der Waals surface area contributed by atoms with Gasteiger partial charge in [0, 0.05) is 31.5 Å². The maximum absolute atomic E-state index is 12.8. The van der Waals surface area contributed by atoms with E-state index in [-0.39, 0.29) is 5.91 Å². The first-order chi connectivity index (χ1) is 14.1.